The van der Waals surface area contributed by atoms with Gasteiger partial charge in [-0.15, -0.1) is 0 Å². The van der Waals surface area contributed by atoms with Crippen molar-refractivity contribution in [3.05, 3.63) is 46.5 Å². The third kappa shape index (κ3) is 2.67. The first-order valence-corrected chi connectivity index (χ1v) is 7.05. The molecule has 1 aliphatic carbocycles. The number of halogens is 1. The van der Waals surface area contributed by atoms with Crippen LogP contribution in [0.15, 0.2) is 24.5 Å². The van der Waals surface area contributed by atoms with Crippen molar-refractivity contribution in [3.63, 3.8) is 0 Å². The second-order valence-electron chi connectivity index (χ2n) is 5.21. The molecule has 0 radical (unpaired) electrons. The number of benzene rings is 1. The first kappa shape index (κ1) is 12.7. The molecule has 0 unspecified atom stereocenters. The number of aromatic nitrogens is 2. The van der Waals surface area contributed by atoms with E-state index >= 15 is 0 Å². The molecule has 3 nitrogen and oxygen atoms in total. The molecular formula is C15H18ClN3. The fourth-order valence-electron chi connectivity index (χ4n) is 2.19. The van der Waals surface area contributed by atoms with Crippen LogP contribution in [0.4, 0.5) is 0 Å². The van der Waals surface area contributed by atoms with Crippen molar-refractivity contribution in [2.45, 2.75) is 39.3 Å². The predicted octanol–water partition coefficient (Wildman–Crippen LogP) is 3.39. The van der Waals surface area contributed by atoms with Crippen molar-refractivity contribution in [1.82, 2.24) is 14.9 Å². The molecule has 0 bridgehead atoms. The maximum absolute atomic E-state index is 6.15. The van der Waals surface area contributed by atoms with Crippen LogP contribution in [-0.2, 0) is 6.54 Å². The van der Waals surface area contributed by atoms with E-state index in [4.69, 9.17) is 11.6 Å². The zero-order chi connectivity index (χ0) is 13.4. The summed E-state index contributed by atoms with van der Waals surface area (Å²) in [5, 5.41) is 4.31. The van der Waals surface area contributed by atoms with Gasteiger partial charge in [0.2, 0.25) is 0 Å². The van der Waals surface area contributed by atoms with Crippen LogP contribution in [0.2, 0.25) is 5.02 Å². The molecule has 0 amide bonds. The highest BCUT2D eigenvalue weighted by Gasteiger charge is 2.20. The van der Waals surface area contributed by atoms with Crippen LogP contribution in [0.3, 0.4) is 0 Å². The molecule has 2 aromatic rings. The van der Waals surface area contributed by atoms with Crippen molar-refractivity contribution < 1.29 is 0 Å². The van der Waals surface area contributed by atoms with Gasteiger partial charge in [0.1, 0.15) is 0 Å². The summed E-state index contributed by atoms with van der Waals surface area (Å²) < 4.78 is 2.12. The Bertz CT molecular complexity index is 599. The molecular weight excluding hydrogens is 258 g/mol. The van der Waals surface area contributed by atoms with Gasteiger partial charge >= 0.3 is 0 Å². The molecule has 1 heterocycles. The standard InChI is InChI=1S/C15H18ClN3/c1-10-11(2)19(9-18-10)15-7-13(16)4-3-12(15)8-17-14-5-6-14/h3-4,7,9,14,17H,5-6,8H2,1-2H3. The number of rotatable bonds is 4. The summed E-state index contributed by atoms with van der Waals surface area (Å²) in [6.45, 7) is 4.99. The van der Waals surface area contributed by atoms with E-state index in [1.165, 1.54) is 18.4 Å². The first-order valence-electron chi connectivity index (χ1n) is 6.68. The number of imidazole rings is 1. The van der Waals surface area contributed by atoms with E-state index in [9.17, 15) is 0 Å². The second kappa shape index (κ2) is 4.99. The summed E-state index contributed by atoms with van der Waals surface area (Å²) in [6.07, 6.45) is 4.47. The Labute approximate surface area is 118 Å². The molecule has 1 aromatic carbocycles. The quantitative estimate of drug-likeness (QED) is 0.927. The van der Waals surface area contributed by atoms with Gasteiger partial charge < -0.3 is 9.88 Å². The fraction of sp³-hybridized carbons (Fsp3) is 0.400. The van der Waals surface area contributed by atoms with Gasteiger partial charge in [0, 0.05) is 23.3 Å². The lowest BCUT2D eigenvalue weighted by atomic mass is 10.1. The molecule has 0 atom stereocenters. The lowest BCUT2D eigenvalue weighted by molar-refractivity contribution is 0.684. The Morgan fingerprint density at radius 2 is 2.16 bits per heavy atom. The molecule has 1 saturated carbocycles. The maximum atomic E-state index is 6.15. The molecule has 3 rings (SSSR count). The molecule has 100 valence electrons. The Morgan fingerprint density at radius 3 is 2.79 bits per heavy atom. The van der Waals surface area contributed by atoms with Gasteiger partial charge in [-0.2, -0.15) is 0 Å². The van der Waals surface area contributed by atoms with Crippen LogP contribution in [0.5, 0.6) is 0 Å². The molecule has 0 saturated heterocycles. The van der Waals surface area contributed by atoms with Crippen molar-refractivity contribution in [1.29, 1.82) is 0 Å². The van der Waals surface area contributed by atoms with Crippen molar-refractivity contribution in [2.24, 2.45) is 0 Å². The summed E-state index contributed by atoms with van der Waals surface area (Å²) >= 11 is 6.15. The summed E-state index contributed by atoms with van der Waals surface area (Å²) in [5.41, 5.74) is 4.60. The summed E-state index contributed by atoms with van der Waals surface area (Å²) in [5.74, 6) is 0. The van der Waals surface area contributed by atoms with Crippen molar-refractivity contribution in [3.8, 4) is 5.69 Å². The number of aryl methyl sites for hydroxylation is 1. The third-order valence-corrected chi connectivity index (χ3v) is 3.95. The minimum Gasteiger partial charge on any atom is -0.310 e. The monoisotopic (exact) mass is 275 g/mol. The Kier molecular flexibility index (Phi) is 3.33. The van der Waals surface area contributed by atoms with Crippen LogP contribution >= 0.6 is 11.6 Å². The van der Waals surface area contributed by atoms with E-state index < -0.39 is 0 Å². The number of nitrogens with one attached hydrogen (secondary N) is 1. The van der Waals surface area contributed by atoms with E-state index in [-0.39, 0.29) is 0 Å². The second-order valence-corrected chi connectivity index (χ2v) is 5.65. The zero-order valence-corrected chi connectivity index (χ0v) is 12.0. The van der Waals surface area contributed by atoms with Crippen molar-refractivity contribution >= 4 is 11.6 Å². The predicted molar refractivity (Wildman–Crippen MR) is 77.9 cm³/mol. The van der Waals surface area contributed by atoms with Gasteiger partial charge in [0.05, 0.1) is 17.7 Å². The average Bonchev–Trinajstić information content (AvgIpc) is 3.16. The van der Waals surface area contributed by atoms with Gasteiger partial charge in [-0.25, -0.2) is 4.98 Å². The lowest BCUT2D eigenvalue weighted by Crippen LogP contribution is -2.17. The van der Waals surface area contributed by atoms with E-state index in [1.807, 2.05) is 25.4 Å². The molecule has 0 aliphatic heterocycles. The third-order valence-electron chi connectivity index (χ3n) is 3.72. The topological polar surface area (TPSA) is 29.9 Å². The van der Waals surface area contributed by atoms with E-state index in [0.717, 1.165) is 28.6 Å². The maximum Gasteiger partial charge on any atom is 0.0997 e. The minimum absolute atomic E-state index is 0.703. The molecule has 4 heteroatoms. The highest BCUT2D eigenvalue weighted by atomic mass is 35.5. The molecule has 1 fully saturated rings. The summed E-state index contributed by atoms with van der Waals surface area (Å²) in [4.78, 5) is 4.37. The van der Waals surface area contributed by atoms with Crippen LogP contribution in [0.25, 0.3) is 5.69 Å². The largest absolute Gasteiger partial charge is 0.310 e. The van der Waals surface area contributed by atoms with Gasteiger partial charge in [-0.05, 0) is 44.4 Å². The smallest absolute Gasteiger partial charge is 0.0997 e. The van der Waals surface area contributed by atoms with Gasteiger partial charge in [-0.3, -0.25) is 0 Å². The molecule has 1 aromatic heterocycles. The Morgan fingerprint density at radius 1 is 1.37 bits per heavy atom. The molecule has 19 heavy (non-hydrogen) atoms. The Balaban J connectivity index is 1.97. The average molecular weight is 276 g/mol. The Hall–Kier alpha value is -1.32. The van der Waals surface area contributed by atoms with Gasteiger partial charge in [0.15, 0.2) is 0 Å². The normalized spacial score (nSPS) is 14.9. The first-order chi connectivity index (χ1) is 9.15. The van der Waals surface area contributed by atoms with Crippen LogP contribution in [-0.4, -0.2) is 15.6 Å². The van der Waals surface area contributed by atoms with Crippen LogP contribution in [0, 0.1) is 13.8 Å². The van der Waals surface area contributed by atoms with E-state index in [2.05, 4.69) is 27.9 Å². The fourth-order valence-corrected chi connectivity index (χ4v) is 2.36. The summed E-state index contributed by atoms with van der Waals surface area (Å²) in [6, 6.07) is 6.77. The van der Waals surface area contributed by atoms with E-state index in [1.54, 1.807) is 0 Å². The molecule has 1 N–H and O–H groups in total. The van der Waals surface area contributed by atoms with Crippen LogP contribution < -0.4 is 5.32 Å². The van der Waals surface area contributed by atoms with Gasteiger partial charge in [0.25, 0.3) is 0 Å². The molecule has 0 spiro atoms. The highest BCUT2D eigenvalue weighted by Crippen LogP contribution is 2.24. The minimum atomic E-state index is 0.703. The molecule has 1 aliphatic rings. The lowest BCUT2D eigenvalue weighted by Gasteiger charge is -2.13. The van der Waals surface area contributed by atoms with Gasteiger partial charge in [-0.1, -0.05) is 17.7 Å². The number of hydrogen-bond donors (Lipinski definition) is 1. The van der Waals surface area contributed by atoms with Crippen LogP contribution in [0.1, 0.15) is 29.8 Å². The number of hydrogen-bond acceptors (Lipinski definition) is 2. The van der Waals surface area contributed by atoms with Crippen molar-refractivity contribution in [2.75, 3.05) is 0 Å². The SMILES string of the molecule is Cc1ncn(-c2cc(Cl)ccc2CNC2CC2)c1C. The zero-order valence-electron chi connectivity index (χ0n) is 11.3. The highest BCUT2D eigenvalue weighted by molar-refractivity contribution is 6.30. The number of nitrogens with zero attached hydrogens (tertiary/aromatic N) is 2. The summed E-state index contributed by atoms with van der Waals surface area (Å²) in [7, 11) is 0. The van der Waals surface area contributed by atoms with E-state index in [0.29, 0.717) is 6.04 Å².